The van der Waals surface area contributed by atoms with E-state index in [-0.39, 0.29) is 49.6 Å². The van der Waals surface area contributed by atoms with Gasteiger partial charge in [-0.1, -0.05) is 6.42 Å². The van der Waals surface area contributed by atoms with E-state index in [2.05, 4.69) is 0 Å². The summed E-state index contributed by atoms with van der Waals surface area (Å²) in [6.45, 7) is 1.75. The fourth-order valence-corrected chi connectivity index (χ4v) is 0.877. The van der Waals surface area contributed by atoms with Crippen molar-refractivity contribution in [3.05, 3.63) is 0 Å². The van der Waals surface area contributed by atoms with E-state index in [1.54, 1.807) is 0 Å². The average molecular weight is 247 g/mol. The monoisotopic (exact) mass is 245 g/mol. The Morgan fingerprint density at radius 3 is 1.27 bits per heavy atom. The van der Waals surface area contributed by atoms with Crippen LogP contribution in [0.25, 0.3) is 0 Å². The van der Waals surface area contributed by atoms with Crippen LogP contribution in [0.2, 0.25) is 0 Å². The molecule has 1 heterocycles. The maximum absolute atomic E-state index is 8.74. The van der Waals surface area contributed by atoms with Gasteiger partial charge >= 0.3 is 0 Å². The first-order valence-corrected chi connectivity index (χ1v) is 2.83. The summed E-state index contributed by atoms with van der Waals surface area (Å²) in [5, 5.41) is 10.1. The van der Waals surface area contributed by atoms with Gasteiger partial charge in [0.25, 0.3) is 0 Å². The fourth-order valence-electron chi connectivity index (χ4n) is 0.877. The summed E-state index contributed by atoms with van der Waals surface area (Å²) in [5.74, 6) is 0. The molecule has 1 rings (SSSR count). The van der Waals surface area contributed by atoms with Gasteiger partial charge in [0.05, 0.1) is 0 Å². The molecule has 74 valence electrons. The molecule has 0 spiro atoms. The molecular formula is C5H15Cl4NO. The van der Waals surface area contributed by atoms with Gasteiger partial charge in [0.2, 0.25) is 0 Å². The minimum atomic E-state index is 0. The first kappa shape index (κ1) is 22.7. The summed E-state index contributed by atoms with van der Waals surface area (Å²) >= 11 is 0. The second-order valence-corrected chi connectivity index (χ2v) is 2.01. The Kier molecular flexibility index (Phi) is 28.2. The Morgan fingerprint density at radius 2 is 1.09 bits per heavy atom. The lowest BCUT2D eigenvalue weighted by Gasteiger charge is -2.18. The van der Waals surface area contributed by atoms with E-state index in [1.165, 1.54) is 11.5 Å². The third-order valence-electron chi connectivity index (χ3n) is 1.33. The third-order valence-corrected chi connectivity index (χ3v) is 1.33. The normalized spacial score (nSPS) is 16.1. The maximum Gasteiger partial charge on any atom is 0.0238 e. The molecule has 0 bridgehead atoms. The summed E-state index contributed by atoms with van der Waals surface area (Å²) < 4.78 is 0. The minimum Gasteiger partial charge on any atom is -0.314 e. The predicted molar refractivity (Wildman–Crippen MR) is 56.2 cm³/mol. The largest absolute Gasteiger partial charge is 0.314 e. The van der Waals surface area contributed by atoms with Crippen LogP contribution in [0.15, 0.2) is 0 Å². The Balaban J connectivity index is -0.0000000612. The van der Waals surface area contributed by atoms with Crippen molar-refractivity contribution in [2.75, 3.05) is 13.1 Å². The SMILES string of the molecule is Cl.Cl.Cl.Cl.ON1CCCCC1. The molecule has 1 aliphatic rings. The van der Waals surface area contributed by atoms with Crippen LogP contribution in [0.4, 0.5) is 0 Å². The van der Waals surface area contributed by atoms with Crippen LogP contribution in [0.5, 0.6) is 0 Å². The molecule has 0 amide bonds. The molecule has 0 aliphatic carbocycles. The van der Waals surface area contributed by atoms with Gasteiger partial charge in [0.1, 0.15) is 0 Å². The highest BCUT2D eigenvalue weighted by molar-refractivity contribution is 5.86. The summed E-state index contributed by atoms with van der Waals surface area (Å²) in [6, 6.07) is 0. The number of halogens is 4. The molecule has 2 nitrogen and oxygen atoms in total. The van der Waals surface area contributed by atoms with Crippen LogP contribution in [-0.4, -0.2) is 23.4 Å². The van der Waals surface area contributed by atoms with Crippen LogP contribution in [0.3, 0.4) is 0 Å². The van der Waals surface area contributed by atoms with Gasteiger partial charge in [0.15, 0.2) is 0 Å². The van der Waals surface area contributed by atoms with Crippen molar-refractivity contribution >= 4 is 49.6 Å². The van der Waals surface area contributed by atoms with Gasteiger partial charge in [-0.3, -0.25) is 0 Å². The molecular weight excluding hydrogens is 232 g/mol. The first-order chi connectivity index (χ1) is 3.39. The lowest BCUT2D eigenvalue weighted by molar-refractivity contribution is -0.103. The number of hydrogen-bond donors (Lipinski definition) is 1. The maximum atomic E-state index is 8.74. The molecule has 1 aliphatic heterocycles. The minimum absolute atomic E-state index is 0. The lowest BCUT2D eigenvalue weighted by atomic mass is 10.2. The van der Waals surface area contributed by atoms with Gasteiger partial charge in [0, 0.05) is 13.1 Å². The first-order valence-electron chi connectivity index (χ1n) is 2.83. The van der Waals surface area contributed by atoms with Gasteiger partial charge in [-0.05, 0) is 12.8 Å². The number of hydrogen-bond acceptors (Lipinski definition) is 2. The Morgan fingerprint density at radius 1 is 0.727 bits per heavy atom. The molecule has 0 aromatic carbocycles. The Bertz CT molecular complexity index is 60.4. The molecule has 0 aromatic heterocycles. The predicted octanol–water partition coefficient (Wildman–Crippen LogP) is 2.55. The highest BCUT2D eigenvalue weighted by Crippen LogP contribution is 2.04. The van der Waals surface area contributed by atoms with Crippen molar-refractivity contribution in [2.24, 2.45) is 0 Å². The van der Waals surface area contributed by atoms with Gasteiger partial charge in [-0.25, -0.2) is 0 Å². The van der Waals surface area contributed by atoms with Crippen LogP contribution in [0, 0.1) is 0 Å². The highest BCUT2D eigenvalue weighted by atomic mass is 35.5. The summed E-state index contributed by atoms with van der Waals surface area (Å²) in [6.07, 6.45) is 3.62. The smallest absolute Gasteiger partial charge is 0.0238 e. The van der Waals surface area contributed by atoms with Crippen molar-refractivity contribution < 1.29 is 5.21 Å². The average Bonchev–Trinajstić information content (AvgIpc) is 1.69. The quantitative estimate of drug-likeness (QED) is 0.710. The third kappa shape index (κ3) is 11.1. The summed E-state index contributed by atoms with van der Waals surface area (Å²) in [4.78, 5) is 0. The molecule has 11 heavy (non-hydrogen) atoms. The number of hydroxylamine groups is 2. The van der Waals surface area contributed by atoms with Gasteiger partial charge < -0.3 is 5.21 Å². The molecule has 0 atom stereocenters. The van der Waals surface area contributed by atoms with E-state index in [4.69, 9.17) is 5.21 Å². The van der Waals surface area contributed by atoms with Crippen molar-refractivity contribution in [3.8, 4) is 0 Å². The van der Waals surface area contributed by atoms with E-state index in [9.17, 15) is 0 Å². The Hall–Kier alpha value is 1.08. The highest BCUT2D eigenvalue weighted by Gasteiger charge is 2.04. The molecule has 0 radical (unpaired) electrons. The molecule has 0 saturated carbocycles. The fraction of sp³-hybridized carbons (Fsp3) is 1.00. The van der Waals surface area contributed by atoms with E-state index >= 15 is 0 Å². The number of rotatable bonds is 0. The standard InChI is InChI=1S/C5H11NO.4ClH/c7-6-4-2-1-3-5-6;;;;/h7H,1-5H2;4*1H. The zero-order valence-corrected chi connectivity index (χ0v) is 9.33. The summed E-state index contributed by atoms with van der Waals surface area (Å²) in [7, 11) is 0. The van der Waals surface area contributed by atoms with Crippen LogP contribution in [-0.2, 0) is 0 Å². The van der Waals surface area contributed by atoms with E-state index in [1.807, 2.05) is 0 Å². The zero-order valence-electron chi connectivity index (χ0n) is 6.06. The van der Waals surface area contributed by atoms with Crippen LogP contribution in [0.1, 0.15) is 19.3 Å². The molecule has 1 fully saturated rings. The molecule has 1 N–H and O–H groups in total. The molecule has 1 saturated heterocycles. The zero-order chi connectivity index (χ0) is 5.11. The van der Waals surface area contributed by atoms with Crippen LogP contribution < -0.4 is 0 Å². The van der Waals surface area contributed by atoms with E-state index < -0.39 is 0 Å². The number of nitrogens with zero attached hydrogens (tertiary/aromatic N) is 1. The van der Waals surface area contributed by atoms with Crippen molar-refractivity contribution in [3.63, 3.8) is 0 Å². The van der Waals surface area contributed by atoms with E-state index in [0.717, 1.165) is 25.9 Å². The van der Waals surface area contributed by atoms with Crippen LogP contribution >= 0.6 is 49.6 Å². The van der Waals surface area contributed by atoms with Crippen molar-refractivity contribution in [1.29, 1.82) is 0 Å². The van der Waals surface area contributed by atoms with Gasteiger partial charge in [-0.15, -0.1) is 49.6 Å². The van der Waals surface area contributed by atoms with Gasteiger partial charge in [-0.2, -0.15) is 5.06 Å². The number of piperidine rings is 1. The van der Waals surface area contributed by atoms with Crippen molar-refractivity contribution in [2.45, 2.75) is 19.3 Å². The topological polar surface area (TPSA) is 23.5 Å². The lowest BCUT2D eigenvalue weighted by Crippen LogP contribution is -2.25. The molecule has 0 unspecified atom stereocenters. The molecule has 0 aromatic rings. The van der Waals surface area contributed by atoms with E-state index in [0.29, 0.717) is 0 Å². The van der Waals surface area contributed by atoms with Crippen molar-refractivity contribution in [1.82, 2.24) is 5.06 Å². The summed E-state index contributed by atoms with van der Waals surface area (Å²) in [5.41, 5.74) is 0. The second-order valence-electron chi connectivity index (χ2n) is 2.01. The second kappa shape index (κ2) is 13.7. The Labute approximate surface area is 92.3 Å². The molecule has 6 heteroatoms.